The summed E-state index contributed by atoms with van der Waals surface area (Å²) in [5.41, 5.74) is 4.81. The number of pyridine rings is 1. The minimum absolute atomic E-state index is 0.0795. The molecule has 3 heterocycles. The number of thioether (sulfide) groups is 1. The van der Waals surface area contributed by atoms with Gasteiger partial charge in [0.1, 0.15) is 5.75 Å². The van der Waals surface area contributed by atoms with Crippen LogP contribution in [0.4, 0.5) is 0 Å². The van der Waals surface area contributed by atoms with Crippen LogP contribution in [-0.2, 0) is 12.5 Å². The highest BCUT2D eigenvalue weighted by Crippen LogP contribution is 2.59. The van der Waals surface area contributed by atoms with Crippen molar-refractivity contribution in [3.63, 3.8) is 0 Å². The van der Waals surface area contributed by atoms with Crippen molar-refractivity contribution in [2.24, 2.45) is 13.0 Å². The number of aromatic nitrogens is 4. The van der Waals surface area contributed by atoms with E-state index >= 15 is 0 Å². The Morgan fingerprint density at radius 2 is 2.05 bits per heavy atom. The zero-order chi connectivity index (χ0) is 25.7. The number of aromatic hydroxyl groups is 1. The number of ketones is 1. The molecule has 0 bridgehead atoms. The highest BCUT2D eigenvalue weighted by molar-refractivity contribution is 7.99. The lowest BCUT2D eigenvalue weighted by atomic mass is 9.92. The molecule has 6 rings (SSSR count). The molecule has 190 valence electrons. The summed E-state index contributed by atoms with van der Waals surface area (Å²) in [5.74, 6) is 2.48. The molecule has 2 aromatic heterocycles. The second kappa shape index (κ2) is 9.26. The van der Waals surface area contributed by atoms with E-state index in [4.69, 9.17) is 0 Å². The highest BCUT2D eigenvalue weighted by atomic mass is 32.2. The number of carbonyl (C=O) groups excluding carboxylic acids is 1. The summed E-state index contributed by atoms with van der Waals surface area (Å²) in [6.45, 7) is 6.68. The first-order valence-corrected chi connectivity index (χ1v) is 13.8. The molecule has 1 N–H and O–H groups in total. The first-order valence-electron chi connectivity index (χ1n) is 12.8. The number of phenols is 1. The maximum absolute atomic E-state index is 11.9. The van der Waals surface area contributed by atoms with Crippen molar-refractivity contribution in [2.75, 3.05) is 25.4 Å². The zero-order valence-corrected chi connectivity index (χ0v) is 22.3. The van der Waals surface area contributed by atoms with Gasteiger partial charge in [0.2, 0.25) is 0 Å². The minimum atomic E-state index is -0.0843. The molecule has 4 aromatic rings. The molecule has 1 aliphatic heterocycles. The van der Waals surface area contributed by atoms with E-state index in [0.29, 0.717) is 11.5 Å². The second-order valence-electron chi connectivity index (χ2n) is 10.5. The molecule has 0 amide bonds. The topological polar surface area (TPSA) is 84.1 Å². The van der Waals surface area contributed by atoms with Crippen LogP contribution in [0.15, 0.2) is 53.7 Å². The smallest absolute Gasteiger partial charge is 0.191 e. The van der Waals surface area contributed by atoms with Crippen LogP contribution in [0.5, 0.6) is 5.75 Å². The van der Waals surface area contributed by atoms with Gasteiger partial charge in [-0.15, -0.1) is 10.2 Å². The number of fused-ring (bicyclic) bond motifs is 2. The third kappa shape index (κ3) is 4.32. The molecule has 0 radical (unpaired) electrons. The van der Waals surface area contributed by atoms with Crippen molar-refractivity contribution >= 4 is 28.4 Å². The molecule has 1 saturated heterocycles. The van der Waals surface area contributed by atoms with Crippen LogP contribution in [0.1, 0.15) is 41.4 Å². The number of rotatable bonds is 8. The van der Waals surface area contributed by atoms with E-state index in [9.17, 15) is 9.90 Å². The number of benzene rings is 2. The summed E-state index contributed by atoms with van der Waals surface area (Å²) < 4.78 is 2.08. The van der Waals surface area contributed by atoms with Crippen molar-refractivity contribution < 1.29 is 9.90 Å². The zero-order valence-electron chi connectivity index (χ0n) is 21.4. The van der Waals surface area contributed by atoms with Gasteiger partial charge in [-0.25, -0.2) is 0 Å². The molecule has 7 nitrogen and oxygen atoms in total. The lowest BCUT2D eigenvalue weighted by Crippen LogP contribution is -2.28. The third-order valence-corrected chi connectivity index (χ3v) is 9.07. The van der Waals surface area contributed by atoms with Gasteiger partial charge in [0.25, 0.3) is 0 Å². The molecule has 0 spiro atoms. The Kier molecular flexibility index (Phi) is 6.04. The molecular weight excluding hydrogens is 482 g/mol. The number of hydrogen-bond donors (Lipinski definition) is 1. The van der Waals surface area contributed by atoms with Gasteiger partial charge in [-0.05, 0) is 69.0 Å². The Balaban J connectivity index is 1.07. The molecule has 2 aromatic carbocycles. The molecule has 2 aliphatic rings. The van der Waals surface area contributed by atoms with Crippen LogP contribution in [0.25, 0.3) is 22.3 Å². The fourth-order valence-corrected chi connectivity index (χ4v) is 6.75. The summed E-state index contributed by atoms with van der Waals surface area (Å²) in [7, 11) is 2.03. The van der Waals surface area contributed by atoms with E-state index in [-0.39, 0.29) is 16.9 Å². The lowest BCUT2D eigenvalue weighted by molar-refractivity contribution is 0.101. The number of likely N-dealkylation sites (tertiary alicyclic amines) is 1. The van der Waals surface area contributed by atoms with E-state index in [0.717, 1.165) is 64.9 Å². The first kappa shape index (κ1) is 24.1. The number of Topliss-reactive ketones (excluding diaryl/α,β-unsaturated/α-hetero) is 1. The van der Waals surface area contributed by atoms with Crippen LogP contribution < -0.4 is 0 Å². The Morgan fingerprint density at radius 1 is 1.19 bits per heavy atom. The predicted octanol–water partition coefficient (Wildman–Crippen LogP) is 5.00. The van der Waals surface area contributed by atoms with E-state index in [1.54, 1.807) is 17.8 Å². The van der Waals surface area contributed by atoms with Crippen molar-refractivity contribution in [1.29, 1.82) is 0 Å². The summed E-state index contributed by atoms with van der Waals surface area (Å²) in [5, 5.41) is 21.0. The normalized spacial score (nSPS) is 20.9. The summed E-state index contributed by atoms with van der Waals surface area (Å²) in [4.78, 5) is 19.1. The van der Waals surface area contributed by atoms with Gasteiger partial charge in [0.05, 0.1) is 11.1 Å². The van der Waals surface area contributed by atoms with Gasteiger partial charge in [-0.3, -0.25) is 9.78 Å². The van der Waals surface area contributed by atoms with Crippen molar-refractivity contribution in [2.45, 2.75) is 37.3 Å². The highest BCUT2D eigenvalue weighted by Gasteiger charge is 2.60. The predicted molar refractivity (Wildman–Crippen MR) is 146 cm³/mol. The minimum Gasteiger partial charge on any atom is -0.507 e. The maximum Gasteiger partial charge on any atom is 0.191 e. The fourth-order valence-electron chi connectivity index (χ4n) is 5.91. The first-order chi connectivity index (χ1) is 17.9. The summed E-state index contributed by atoms with van der Waals surface area (Å²) in [6, 6.07) is 15.9. The largest absolute Gasteiger partial charge is 0.507 e. The SMILES string of the molecule is CC(=O)c1cc(C23C[C@@H]2CN(CCCSc2nnc(-c4cccc5nc(C)ccc45)n2C)C3)ccc1O. The summed E-state index contributed by atoms with van der Waals surface area (Å²) >= 11 is 1.75. The monoisotopic (exact) mass is 513 g/mol. The molecular formula is C29H31N5O2S. The van der Waals surface area contributed by atoms with Crippen LogP contribution in [0, 0.1) is 12.8 Å². The Bertz CT molecular complexity index is 1520. The van der Waals surface area contributed by atoms with E-state index in [1.807, 2.05) is 44.3 Å². The Labute approximate surface area is 220 Å². The second-order valence-corrected chi connectivity index (χ2v) is 11.5. The van der Waals surface area contributed by atoms with Gasteiger partial charge >= 0.3 is 0 Å². The Morgan fingerprint density at radius 3 is 2.89 bits per heavy atom. The molecule has 37 heavy (non-hydrogen) atoms. The number of carbonyl (C=O) groups is 1. The van der Waals surface area contributed by atoms with Gasteiger partial charge < -0.3 is 14.6 Å². The van der Waals surface area contributed by atoms with Crippen LogP contribution in [0.2, 0.25) is 0 Å². The molecule has 2 atom stereocenters. The van der Waals surface area contributed by atoms with Crippen molar-refractivity contribution in [3.8, 4) is 17.1 Å². The maximum atomic E-state index is 11.9. The van der Waals surface area contributed by atoms with Crippen molar-refractivity contribution in [1.82, 2.24) is 24.6 Å². The lowest BCUT2D eigenvalue weighted by Gasteiger charge is -2.21. The molecule has 2 fully saturated rings. The van der Waals surface area contributed by atoms with Gasteiger partial charge in [-0.1, -0.05) is 36.0 Å². The average molecular weight is 514 g/mol. The molecule has 8 heteroatoms. The van der Waals surface area contributed by atoms with Crippen LogP contribution >= 0.6 is 11.8 Å². The molecule has 1 aliphatic carbocycles. The summed E-state index contributed by atoms with van der Waals surface area (Å²) in [6.07, 6.45) is 2.24. The number of piperidine rings is 1. The fraction of sp³-hybridized carbons (Fsp3) is 0.379. The number of phenolic OH excluding ortho intramolecular Hbond substituents is 1. The third-order valence-electron chi connectivity index (χ3n) is 7.96. The van der Waals surface area contributed by atoms with Crippen LogP contribution in [0.3, 0.4) is 0 Å². The quantitative estimate of drug-likeness (QED) is 0.202. The van der Waals surface area contributed by atoms with Crippen molar-refractivity contribution in [3.05, 3.63) is 65.4 Å². The number of hydrogen-bond acceptors (Lipinski definition) is 7. The van der Waals surface area contributed by atoms with E-state index in [2.05, 4.69) is 36.8 Å². The Hall–Kier alpha value is -3.23. The molecule has 1 saturated carbocycles. The van der Waals surface area contributed by atoms with E-state index < -0.39 is 0 Å². The van der Waals surface area contributed by atoms with Gasteiger partial charge in [0, 0.05) is 47.9 Å². The van der Waals surface area contributed by atoms with Gasteiger partial charge in [0.15, 0.2) is 16.8 Å². The van der Waals surface area contributed by atoms with Gasteiger partial charge in [-0.2, -0.15) is 0 Å². The molecule has 1 unspecified atom stereocenters. The number of aryl methyl sites for hydroxylation is 1. The van der Waals surface area contributed by atoms with Crippen LogP contribution in [-0.4, -0.2) is 60.9 Å². The number of nitrogens with zero attached hydrogens (tertiary/aromatic N) is 5. The average Bonchev–Trinajstić information content (AvgIpc) is 3.25. The van der Waals surface area contributed by atoms with E-state index in [1.165, 1.54) is 18.9 Å². The standard InChI is InChI=1S/C29H31N5O2S/c1-18-8-10-22-23(6-4-7-25(22)30-18)27-31-32-28(33(27)3)37-13-5-12-34-16-21-15-29(21,17-34)20-9-11-26(36)24(14-20)19(2)35/h4,6-11,14,21,36H,5,12-13,15-17H2,1-3H3/t21-,29?/m1/s1.